The first-order valence-electron chi connectivity index (χ1n) is 24.3. The van der Waals surface area contributed by atoms with Gasteiger partial charge in [0.05, 0.1) is 18.8 Å². The highest BCUT2D eigenvalue weighted by Crippen LogP contribution is 2.16. The molecular formula is C50H95NO4. The minimum atomic E-state index is -1.11. The van der Waals surface area contributed by atoms with Crippen LogP contribution >= 0.6 is 0 Å². The van der Waals surface area contributed by atoms with Gasteiger partial charge in [-0.15, -0.1) is 0 Å². The maximum absolute atomic E-state index is 12.5. The largest absolute Gasteiger partial charge is 0.394 e. The number of aliphatic hydroxyl groups excluding tert-OH is 3. The summed E-state index contributed by atoms with van der Waals surface area (Å²) in [5.41, 5.74) is 0. The van der Waals surface area contributed by atoms with Crippen LogP contribution in [0.3, 0.4) is 0 Å². The number of unbranched alkanes of at least 4 members (excludes halogenated alkanes) is 32. The minimum Gasteiger partial charge on any atom is -0.394 e. The molecule has 0 rings (SSSR count). The summed E-state index contributed by atoms with van der Waals surface area (Å²) in [5.74, 6) is -0.514. The van der Waals surface area contributed by atoms with Crippen molar-refractivity contribution in [2.75, 3.05) is 6.61 Å². The Labute approximate surface area is 343 Å². The predicted octanol–water partition coefficient (Wildman–Crippen LogP) is 14.3. The molecule has 0 heterocycles. The zero-order valence-electron chi connectivity index (χ0n) is 36.8. The molecule has 0 aromatic carbocycles. The average molecular weight is 774 g/mol. The van der Waals surface area contributed by atoms with Crippen molar-refractivity contribution in [2.45, 2.75) is 270 Å². The summed E-state index contributed by atoms with van der Waals surface area (Å²) in [6, 6.07) is -0.819. The number of nitrogens with one attached hydrogen (secondary N) is 1. The Kier molecular flexibility index (Phi) is 44.1. The monoisotopic (exact) mass is 774 g/mol. The fraction of sp³-hybridized carbons (Fsp3) is 0.860. The van der Waals surface area contributed by atoms with Crippen molar-refractivity contribution in [3.05, 3.63) is 36.5 Å². The van der Waals surface area contributed by atoms with Crippen LogP contribution in [0.25, 0.3) is 0 Å². The van der Waals surface area contributed by atoms with Gasteiger partial charge in [0.1, 0.15) is 6.10 Å². The molecule has 55 heavy (non-hydrogen) atoms. The highest BCUT2D eigenvalue weighted by molar-refractivity contribution is 5.80. The molecule has 0 spiro atoms. The molecule has 324 valence electrons. The Morgan fingerprint density at radius 2 is 0.745 bits per heavy atom. The van der Waals surface area contributed by atoms with Gasteiger partial charge in [0.15, 0.2) is 0 Å². The molecule has 0 fully saturated rings. The lowest BCUT2D eigenvalue weighted by molar-refractivity contribution is -0.131. The number of carbonyl (C=O) groups is 1. The van der Waals surface area contributed by atoms with E-state index in [0.29, 0.717) is 6.42 Å². The second-order valence-electron chi connectivity index (χ2n) is 16.7. The summed E-state index contributed by atoms with van der Waals surface area (Å²) in [5, 5.41) is 33.2. The van der Waals surface area contributed by atoms with E-state index < -0.39 is 24.2 Å². The fourth-order valence-corrected chi connectivity index (χ4v) is 7.39. The fourth-order valence-electron chi connectivity index (χ4n) is 7.39. The number of amides is 1. The molecule has 0 bridgehead atoms. The molecule has 0 aromatic heterocycles. The zero-order valence-corrected chi connectivity index (χ0v) is 36.8. The highest BCUT2D eigenvalue weighted by atomic mass is 16.3. The van der Waals surface area contributed by atoms with Crippen molar-refractivity contribution in [3.63, 3.8) is 0 Å². The molecule has 0 aliphatic heterocycles. The summed E-state index contributed by atoms with van der Waals surface area (Å²) in [4.78, 5) is 12.5. The van der Waals surface area contributed by atoms with E-state index in [1.165, 1.54) is 186 Å². The normalized spacial score (nSPS) is 13.8. The first-order chi connectivity index (χ1) is 27.1. The second-order valence-corrected chi connectivity index (χ2v) is 16.7. The predicted molar refractivity (Wildman–Crippen MR) is 241 cm³/mol. The van der Waals surface area contributed by atoms with Gasteiger partial charge in [0.2, 0.25) is 5.91 Å². The van der Waals surface area contributed by atoms with Gasteiger partial charge >= 0.3 is 0 Å². The summed E-state index contributed by atoms with van der Waals surface area (Å²) in [6.45, 7) is 4.18. The van der Waals surface area contributed by atoms with Gasteiger partial charge in [-0.3, -0.25) is 4.79 Å². The summed E-state index contributed by atoms with van der Waals surface area (Å²) in [7, 11) is 0. The van der Waals surface area contributed by atoms with E-state index >= 15 is 0 Å². The molecule has 0 aromatic rings. The molecule has 0 aliphatic carbocycles. The first-order valence-corrected chi connectivity index (χ1v) is 24.3. The second kappa shape index (κ2) is 45.3. The summed E-state index contributed by atoms with van der Waals surface area (Å²) < 4.78 is 0. The van der Waals surface area contributed by atoms with Gasteiger partial charge in [-0.1, -0.05) is 243 Å². The van der Waals surface area contributed by atoms with E-state index in [4.69, 9.17) is 0 Å². The van der Waals surface area contributed by atoms with E-state index in [0.717, 1.165) is 44.9 Å². The molecule has 0 saturated carbocycles. The first kappa shape index (κ1) is 53.6. The molecule has 0 saturated heterocycles. The van der Waals surface area contributed by atoms with Gasteiger partial charge in [-0.05, 0) is 44.9 Å². The molecule has 3 atom stereocenters. The molecular weight excluding hydrogens is 679 g/mol. The number of allylic oxidation sites excluding steroid dienone is 5. The average Bonchev–Trinajstić information content (AvgIpc) is 3.19. The number of hydrogen-bond donors (Lipinski definition) is 4. The minimum absolute atomic E-state index is 0.379. The van der Waals surface area contributed by atoms with Crippen LogP contribution in [0.15, 0.2) is 36.5 Å². The van der Waals surface area contributed by atoms with E-state index in [1.807, 2.05) is 6.08 Å². The molecule has 5 heteroatoms. The molecule has 3 unspecified atom stereocenters. The van der Waals surface area contributed by atoms with Gasteiger partial charge < -0.3 is 20.6 Å². The molecule has 4 N–H and O–H groups in total. The Morgan fingerprint density at radius 1 is 0.436 bits per heavy atom. The Morgan fingerprint density at radius 3 is 1.11 bits per heavy atom. The Hall–Kier alpha value is -1.43. The quantitative estimate of drug-likeness (QED) is 0.0367. The van der Waals surface area contributed by atoms with Crippen molar-refractivity contribution in [3.8, 4) is 0 Å². The van der Waals surface area contributed by atoms with E-state index in [1.54, 1.807) is 6.08 Å². The SMILES string of the molecule is CCCCCCCCCCCCCCCC/C=C/CC/C=C/CC/C=C/C(O)C(CO)NC(=O)C(O)CCCCCCCCCCCCCCCCCCC. The highest BCUT2D eigenvalue weighted by Gasteiger charge is 2.22. The standard InChI is InChI=1S/C50H95NO4/c1-3-5-7-9-11-13-15-17-19-21-22-23-24-25-26-27-29-30-32-34-36-38-40-42-44-48(53)47(46-52)51-50(55)49(54)45-43-41-39-37-35-33-31-28-20-18-16-14-12-10-8-6-4-2/h27,29,34,36,42,44,47-49,52-54H,3-26,28,30-33,35,37-41,43,45-46H2,1-2H3,(H,51,55)/b29-27+,36-34+,44-42+. The van der Waals surface area contributed by atoms with Crippen molar-refractivity contribution in [1.29, 1.82) is 0 Å². The maximum Gasteiger partial charge on any atom is 0.249 e. The van der Waals surface area contributed by atoms with E-state index in [-0.39, 0.29) is 6.61 Å². The molecule has 1 amide bonds. The van der Waals surface area contributed by atoms with Crippen LogP contribution in [0.2, 0.25) is 0 Å². The molecule has 5 nitrogen and oxygen atoms in total. The third-order valence-electron chi connectivity index (χ3n) is 11.2. The summed E-state index contributed by atoms with van der Waals surface area (Å²) >= 11 is 0. The van der Waals surface area contributed by atoms with Gasteiger partial charge in [0.25, 0.3) is 0 Å². The van der Waals surface area contributed by atoms with Crippen LogP contribution in [0.5, 0.6) is 0 Å². The van der Waals surface area contributed by atoms with Crippen LogP contribution < -0.4 is 5.32 Å². The smallest absolute Gasteiger partial charge is 0.249 e. The third-order valence-corrected chi connectivity index (χ3v) is 11.2. The lowest BCUT2D eigenvalue weighted by Gasteiger charge is -2.21. The van der Waals surface area contributed by atoms with Crippen molar-refractivity contribution >= 4 is 5.91 Å². The Bertz CT molecular complexity index is 855. The van der Waals surface area contributed by atoms with Crippen molar-refractivity contribution in [2.24, 2.45) is 0 Å². The van der Waals surface area contributed by atoms with Crippen LogP contribution in [0.1, 0.15) is 251 Å². The van der Waals surface area contributed by atoms with Gasteiger partial charge in [0, 0.05) is 0 Å². The number of aliphatic hydroxyl groups is 3. The molecule has 0 aliphatic rings. The van der Waals surface area contributed by atoms with Crippen LogP contribution in [-0.4, -0.2) is 46.1 Å². The number of rotatable bonds is 44. The lowest BCUT2D eigenvalue weighted by atomic mass is 10.0. The van der Waals surface area contributed by atoms with E-state index in [9.17, 15) is 20.1 Å². The zero-order chi connectivity index (χ0) is 40.1. The van der Waals surface area contributed by atoms with E-state index in [2.05, 4.69) is 43.5 Å². The van der Waals surface area contributed by atoms with Crippen molar-refractivity contribution < 1.29 is 20.1 Å². The van der Waals surface area contributed by atoms with Crippen LogP contribution in [0.4, 0.5) is 0 Å². The van der Waals surface area contributed by atoms with Gasteiger partial charge in [-0.25, -0.2) is 0 Å². The Balaban J connectivity index is 3.69. The topological polar surface area (TPSA) is 89.8 Å². The third kappa shape index (κ3) is 40.6. The number of hydrogen-bond acceptors (Lipinski definition) is 4. The lowest BCUT2D eigenvalue weighted by Crippen LogP contribution is -2.48. The van der Waals surface area contributed by atoms with Crippen molar-refractivity contribution in [1.82, 2.24) is 5.32 Å². The van der Waals surface area contributed by atoms with Crippen LogP contribution in [-0.2, 0) is 4.79 Å². The van der Waals surface area contributed by atoms with Crippen LogP contribution in [0, 0.1) is 0 Å². The maximum atomic E-state index is 12.5. The van der Waals surface area contributed by atoms with Gasteiger partial charge in [-0.2, -0.15) is 0 Å². The molecule has 0 radical (unpaired) electrons. The number of carbonyl (C=O) groups excluding carboxylic acids is 1. The summed E-state index contributed by atoms with van der Waals surface area (Å²) in [6.07, 6.45) is 57.6.